The van der Waals surface area contributed by atoms with Gasteiger partial charge in [-0.15, -0.1) is 0 Å². The van der Waals surface area contributed by atoms with Crippen molar-refractivity contribution in [2.75, 3.05) is 0 Å². The Balaban J connectivity index is 1.69. The molecule has 0 saturated carbocycles. The topological polar surface area (TPSA) is 79.9 Å². The fraction of sp³-hybridized carbons (Fsp3) is 0.0526. The molecule has 0 atom stereocenters. The molecule has 4 rings (SSSR count). The third-order valence-electron chi connectivity index (χ3n) is 4.02. The molecule has 0 aliphatic carbocycles. The summed E-state index contributed by atoms with van der Waals surface area (Å²) in [4.78, 5) is 28.0. The van der Waals surface area contributed by atoms with Crippen LogP contribution in [0.4, 0.5) is 0 Å². The van der Waals surface area contributed by atoms with E-state index in [-0.39, 0.29) is 17.4 Å². The van der Waals surface area contributed by atoms with Gasteiger partial charge in [0, 0.05) is 11.1 Å². The summed E-state index contributed by atoms with van der Waals surface area (Å²) in [5.41, 5.74) is 0.667. The third-order valence-corrected chi connectivity index (χ3v) is 4.55. The number of hydrogen-bond donors (Lipinski definition) is 2. The second-order valence-corrected chi connectivity index (χ2v) is 6.70. The minimum Gasteiger partial charge on any atom is -0.486 e. The SMILES string of the molecule is O=c1cc(COc2ccc(Cl)cc2Cl)[nH]c2[nH]n(-c3ccccc3)c(=O)c12. The van der Waals surface area contributed by atoms with Gasteiger partial charge in [-0.3, -0.25) is 14.7 Å². The zero-order valence-electron chi connectivity index (χ0n) is 13.8. The maximum Gasteiger partial charge on any atom is 0.284 e. The fourth-order valence-electron chi connectivity index (χ4n) is 2.77. The first-order chi connectivity index (χ1) is 13.0. The molecule has 0 aliphatic heterocycles. The Kier molecular flexibility index (Phi) is 4.51. The van der Waals surface area contributed by atoms with Crippen LogP contribution < -0.4 is 15.7 Å². The number of benzene rings is 2. The van der Waals surface area contributed by atoms with Crippen molar-refractivity contribution in [1.82, 2.24) is 14.8 Å². The molecule has 2 heterocycles. The third kappa shape index (κ3) is 3.37. The highest BCUT2D eigenvalue weighted by atomic mass is 35.5. The summed E-state index contributed by atoms with van der Waals surface area (Å²) in [5, 5.41) is 3.86. The first-order valence-electron chi connectivity index (χ1n) is 8.03. The van der Waals surface area contributed by atoms with Crippen molar-refractivity contribution in [1.29, 1.82) is 0 Å². The molecule has 0 radical (unpaired) electrons. The maximum absolute atomic E-state index is 12.6. The van der Waals surface area contributed by atoms with Gasteiger partial charge in [-0.05, 0) is 30.3 Å². The maximum atomic E-state index is 12.6. The Labute approximate surface area is 162 Å². The summed E-state index contributed by atoms with van der Waals surface area (Å²) in [7, 11) is 0. The molecule has 4 aromatic rings. The van der Waals surface area contributed by atoms with Gasteiger partial charge in [0.1, 0.15) is 23.4 Å². The van der Waals surface area contributed by atoms with Crippen molar-refractivity contribution >= 4 is 34.2 Å². The van der Waals surface area contributed by atoms with E-state index in [0.29, 0.717) is 32.8 Å². The molecule has 0 bridgehead atoms. The van der Waals surface area contributed by atoms with Gasteiger partial charge in [0.25, 0.3) is 5.56 Å². The van der Waals surface area contributed by atoms with Crippen molar-refractivity contribution in [3.8, 4) is 11.4 Å². The monoisotopic (exact) mass is 401 g/mol. The summed E-state index contributed by atoms with van der Waals surface area (Å²) in [6.07, 6.45) is 0. The lowest BCUT2D eigenvalue weighted by Crippen LogP contribution is -2.18. The lowest BCUT2D eigenvalue weighted by atomic mass is 10.3. The smallest absolute Gasteiger partial charge is 0.284 e. The highest BCUT2D eigenvalue weighted by Gasteiger charge is 2.13. The van der Waals surface area contributed by atoms with E-state index >= 15 is 0 Å². The summed E-state index contributed by atoms with van der Waals surface area (Å²) in [6.45, 7) is 0.0745. The number of rotatable bonds is 4. The summed E-state index contributed by atoms with van der Waals surface area (Å²) >= 11 is 11.9. The average molecular weight is 402 g/mol. The lowest BCUT2D eigenvalue weighted by Gasteiger charge is -2.08. The van der Waals surface area contributed by atoms with E-state index < -0.39 is 5.56 Å². The summed E-state index contributed by atoms with van der Waals surface area (Å²) < 4.78 is 6.97. The Morgan fingerprint density at radius 1 is 1.00 bits per heavy atom. The zero-order chi connectivity index (χ0) is 19.0. The lowest BCUT2D eigenvalue weighted by molar-refractivity contribution is 0.302. The molecule has 0 amide bonds. The molecule has 27 heavy (non-hydrogen) atoms. The van der Waals surface area contributed by atoms with Crippen LogP contribution in [0, 0.1) is 0 Å². The van der Waals surface area contributed by atoms with Gasteiger partial charge in [0.05, 0.1) is 16.4 Å². The van der Waals surface area contributed by atoms with Crippen molar-refractivity contribution in [2.45, 2.75) is 6.61 Å². The number of aromatic amines is 2. The van der Waals surface area contributed by atoms with Gasteiger partial charge in [-0.2, -0.15) is 0 Å². The second kappa shape index (κ2) is 6.98. The fourth-order valence-corrected chi connectivity index (χ4v) is 3.23. The van der Waals surface area contributed by atoms with Crippen LogP contribution >= 0.6 is 23.2 Å². The number of fused-ring (bicyclic) bond motifs is 1. The summed E-state index contributed by atoms with van der Waals surface area (Å²) in [5.74, 6) is 0.442. The number of pyridine rings is 1. The Morgan fingerprint density at radius 2 is 1.78 bits per heavy atom. The van der Waals surface area contributed by atoms with Crippen LogP contribution in [0.15, 0.2) is 64.2 Å². The molecule has 0 aliphatic rings. The van der Waals surface area contributed by atoms with Crippen LogP contribution in [0.25, 0.3) is 16.7 Å². The van der Waals surface area contributed by atoms with Crippen LogP contribution in [0.2, 0.25) is 10.0 Å². The first kappa shape index (κ1) is 17.5. The zero-order valence-corrected chi connectivity index (χ0v) is 15.3. The Morgan fingerprint density at radius 3 is 2.52 bits per heavy atom. The molecule has 2 aromatic heterocycles. The van der Waals surface area contributed by atoms with E-state index in [2.05, 4.69) is 10.1 Å². The standard InChI is InChI=1S/C19H13Cl2N3O3/c20-11-6-7-16(14(21)8-11)27-10-12-9-15(25)17-18(22-12)23-24(19(17)26)13-4-2-1-3-5-13/h1-9H,10H2,(H2,22,23,25). The van der Waals surface area contributed by atoms with Gasteiger partial charge in [-0.1, -0.05) is 41.4 Å². The number of nitrogens with one attached hydrogen (secondary N) is 2. The van der Waals surface area contributed by atoms with E-state index in [0.717, 1.165) is 0 Å². The van der Waals surface area contributed by atoms with Gasteiger partial charge in [0.15, 0.2) is 5.43 Å². The van der Waals surface area contributed by atoms with E-state index in [1.165, 1.54) is 10.7 Å². The van der Waals surface area contributed by atoms with E-state index in [1.807, 2.05) is 18.2 Å². The van der Waals surface area contributed by atoms with Gasteiger partial charge < -0.3 is 9.72 Å². The van der Waals surface area contributed by atoms with Crippen LogP contribution in [0.1, 0.15) is 5.69 Å². The summed E-state index contributed by atoms with van der Waals surface area (Å²) in [6, 6.07) is 15.2. The number of nitrogens with zero attached hydrogens (tertiary/aromatic N) is 1. The molecule has 2 N–H and O–H groups in total. The molecular formula is C19H13Cl2N3O3. The number of hydrogen-bond acceptors (Lipinski definition) is 3. The average Bonchev–Trinajstić information content (AvgIpc) is 2.99. The highest BCUT2D eigenvalue weighted by molar-refractivity contribution is 6.35. The van der Waals surface area contributed by atoms with Crippen molar-refractivity contribution in [3.05, 3.63) is 90.9 Å². The van der Waals surface area contributed by atoms with Gasteiger partial charge >= 0.3 is 0 Å². The van der Waals surface area contributed by atoms with Crippen LogP contribution in [0.3, 0.4) is 0 Å². The number of para-hydroxylation sites is 1. The van der Waals surface area contributed by atoms with Gasteiger partial charge in [0.2, 0.25) is 0 Å². The van der Waals surface area contributed by atoms with Crippen molar-refractivity contribution in [3.63, 3.8) is 0 Å². The van der Waals surface area contributed by atoms with Crippen LogP contribution in [-0.4, -0.2) is 14.8 Å². The minimum atomic E-state index is -0.411. The number of aromatic nitrogens is 3. The Bertz CT molecular complexity index is 1240. The number of ether oxygens (including phenoxy) is 1. The first-order valence-corrected chi connectivity index (χ1v) is 8.79. The van der Waals surface area contributed by atoms with E-state index in [1.54, 1.807) is 30.3 Å². The normalized spacial score (nSPS) is 11.0. The molecule has 0 saturated heterocycles. The van der Waals surface area contributed by atoms with Crippen molar-refractivity contribution < 1.29 is 4.74 Å². The van der Waals surface area contributed by atoms with Crippen molar-refractivity contribution in [2.24, 2.45) is 0 Å². The van der Waals surface area contributed by atoms with Crippen LogP contribution in [-0.2, 0) is 6.61 Å². The molecule has 136 valence electrons. The highest BCUT2D eigenvalue weighted by Crippen LogP contribution is 2.28. The largest absolute Gasteiger partial charge is 0.486 e. The molecule has 8 heteroatoms. The second-order valence-electron chi connectivity index (χ2n) is 5.86. The quantitative estimate of drug-likeness (QED) is 0.544. The Hall–Kier alpha value is -2.96. The minimum absolute atomic E-state index is 0.0622. The molecule has 0 fully saturated rings. The molecule has 0 unspecified atom stereocenters. The number of H-pyrrole nitrogens is 2. The van der Waals surface area contributed by atoms with E-state index in [4.69, 9.17) is 27.9 Å². The molecule has 6 nitrogen and oxygen atoms in total. The predicted molar refractivity (Wildman–Crippen MR) is 105 cm³/mol. The number of halogens is 2. The molecule has 0 spiro atoms. The molecule has 2 aromatic carbocycles. The van der Waals surface area contributed by atoms with E-state index in [9.17, 15) is 9.59 Å². The predicted octanol–water partition coefficient (Wildman–Crippen LogP) is 3.89. The van der Waals surface area contributed by atoms with Gasteiger partial charge in [-0.25, -0.2) is 4.68 Å². The molecular weight excluding hydrogens is 389 g/mol. The van der Waals surface area contributed by atoms with Crippen LogP contribution in [0.5, 0.6) is 5.75 Å².